The molecule has 1 aliphatic rings. The van der Waals surface area contributed by atoms with E-state index in [1.807, 2.05) is 48.5 Å². The summed E-state index contributed by atoms with van der Waals surface area (Å²) in [7, 11) is 2.16. The monoisotopic (exact) mass is 312 g/mol. The van der Waals surface area contributed by atoms with Gasteiger partial charge in [0.2, 0.25) is 0 Å². The Morgan fingerprint density at radius 1 is 1.04 bits per heavy atom. The third-order valence-corrected chi connectivity index (χ3v) is 4.15. The van der Waals surface area contributed by atoms with Crippen molar-refractivity contribution in [3.8, 4) is 11.5 Å². The standard InChI is InChI=1S/C19H24N2O2/c1-21-11-9-19(10-12-21)23-18-7-5-17(6-8-18)22-14-15-3-2-4-16(20)13-15/h2-8,13,19H,9-12,14,20H2,1H3. The summed E-state index contributed by atoms with van der Waals surface area (Å²) in [5, 5.41) is 0. The second-order valence-electron chi connectivity index (χ2n) is 6.13. The molecular formula is C19H24N2O2. The summed E-state index contributed by atoms with van der Waals surface area (Å²) in [5.41, 5.74) is 7.59. The lowest BCUT2D eigenvalue weighted by Crippen LogP contribution is -2.35. The van der Waals surface area contributed by atoms with Crippen LogP contribution in [0.3, 0.4) is 0 Å². The van der Waals surface area contributed by atoms with E-state index in [0.29, 0.717) is 12.7 Å². The SMILES string of the molecule is CN1CCC(Oc2ccc(OCc3cccc(N)c3)cc2)CC1. The van der Waals surface area contributed by atoms with E-state index in [0.717, 1.165) is 48.7 Å². The van der Waals surface area contributed by atoms with Gasteiger partial charge in [-0.2, -0.15) is 0 Å². The van der Waals surface area contributed by atoms with Crippen LogP contribution in [-0.4, -0.2) is 31.1 Å². The molecule has 2 aromatic carbocycles. The first-order valence-corrected chi connectivity index (χ1v) is 8.11. The van der Waals surface area contributed by atoms with Gasteiger partial charge in [0.05, 0.1) is 0 Å². The lowest BCUT2D eigenvalue weighted by Gasteiger charge is -2.29. The zero-order chi connectivity index (χ0) is 16.1. The molecule has 23 heavy (non-hydrogen) atoms. The predicted octanol–water partition coefficient (Wildman–Crippen LogP) is 3.32. The first-order chi connectivity index (χ1) is 11.2. The van der Waals surface area contributed by atoms with Gasteiger partial charge in [0.25, 0.3) is 0 Å². The van der Waals surface area contributed by atoms with Gasteiger partial charge in [-0.25, -0.2) is 0 Å². The molecule has 0 saturated carbocycles. The number of ether oxygens (including phenoxy) is 2. The molecule has 3 rings (SSSR count). The van der Waals surface area contributed by atoms with Crippen LogP contribution < -0.4 is 15.2 Å². The van der Waals surface area contributed by atoms with E-state index < -0.39 is 0 Å². The molecule has 0 spiro atoms. The first-order valence-electron chi connectivity index (χ1n) is 8.11. The Labute approximate surface area is 137 Å². The number of nitrogens with two attached hydrogens (primary N) is 1. The molecule has 2 N–H and O–H groups in total. The van der Waals surface area contributed by atoms with Gasteiger partial charge in [-0.1, -0.05) is 12.1 Å². The number of piperidine rings is 1. The van der Waals surface area contributed by atoms with E-state index in [1.165, 1.54) is 0 Å². The Morgan fingerprint density at radius 2 is 1.74 bits per heavy atom. The molecule has 0 aromatic heterocycles. The van der Waals surface area contributed by atoms with Crippen LogP contribution in [0.2, 0.25) is 0 Å². The Balaban J connectivity index is 1.51. The zero-order valence-electron chi connectivity index (χ0n) is 13.6. The topological polar surface area (TPSA) is 47.7 Å². The summed E-state index contributed by atoms with van der Waals surface area (Å²) in [5.74, 6) is 1.75. The highest BCUT2D eigenvalue weighted by Crippen LogP contribution is 2.22. The first kappa shape index (κ1) is 15.7. The number of benzene rings is 2. The molecule has 1 heterocycles. The maximum Gasteiger partial charge on any atom is 0.120 e. The van der Waals surface area contributed by atoms with Crippen molar-refractivity contribution in [1.29, 1.82) is 0 Å². The molecule has 0 unspecified atom stereocenters. The van der Waals surface area contributed by atoms with E-state index in [4.69, 9.17) is 15.2 Å². The van der Waals surface area contributed by atoms with Crippen LogP contribution in [-0.2, 0) is 6.61 Å². The Bertz CT molecular complexity index is 620. The van der Waals surface area contributed by atoms with E-state index >= 15 is 0 Å². The highest BCUT2D eigenvalue weighted by Gasteiger charge is 2.17. The highest BCUT2D eigenvalue weighted by molar-refractivity contribution is 5.40. The summed E-state index contributed by atoms with van der Waals surface area (Å²) in [4.78, 5) is 2.34. The Hall–Kier alpha value is -2.20. The van der Waals surface area contributed by atoms with Gasteiger partial charge in [0, 0.05) is 18.8 Å². The molecule has 1 fully saturated rings. The van der Waals surface area contributed by atoms with Gasteiger partial charge < -0.3 is 20.1 Å². The van der Waals surface area contributed by atoms with E-state index in [1.54, 1.807) is 0 Å². The van der Waals surface area contributed by atoms with Gasteiger partial charge in [0.15, 0.2) is 0 Å². The van der Waals surface area contributed by atoms with Gasteiger partial charge >= 0.3 is 0 Å². The number of likely N-dealkylation sites (tertiary alicyclic amines) is 1. The summed E-state index contributed by atoms with van der Waals surface area (Å²) in [6.45, 7) is 2.72. The molecule has 1 aliphatic heterocycles. The number of hydrogen-bond acceptors (Lipinski definition) is 4. The predicted molar refractivity (Wildman–Crippen MR) is 92.8 cm³/mol. The molecule has 0 atom stereocenters. The van der Waals surface area contributed by atoms with Crippen LogP contribution in [0.4, 0.5) is 5.69 Å². The van der Waals surface area contributed by atoms with Crippen molar-refractivity contribution in [2.24, 2.45) is 0 Å². The molecular weight excluding hydrogens is 288 g/mol. The van der Waals surface area contributed by atoms with Crippen molar-refractivity contribution in [1.82, 2.24) is 4.90 Å². The summed E-state index contributed by atoms with van der Waals surface area (Å²) >= 11 is 0. The van der Waals surface area contributed by atoms with Crippen LogP contribution in [0, 0.1) is 0 Å². The fourth-order valence-corrected chi connectivity index (χ4v) is 2.76. The fraction of sp³-hybridized carbons (Fsp3) is 0.368. The third-order valence-electron chi connectivity index (χ3n) is 4.15. The number of nitrogen functional groups attached to an aromatic ring is 1. The number of rotatable bonds is 5. The summed E-state index contributed by atoms with van der Waals surface area (Å²) in [6.07, 6.45) is 2.50. The van der Waals surface area contributed by atoms with Crippen molar-refractivity contribution in [3.05, 3.63) is 54.1 Å². The molecule has 0 bridgehead atoms. The minimum Gasteiger partial charge on any atom is -0.490 e. The zero-order valence-corrected chi connectivity index (χ0v) is 13.6. The quantitative estimate of drug-likeness (QED) is 0.860. The minimum atomic E-state index is 0.324. The van der Waals surface area contributed by atoms with Crippen molar-refractivity contribution in [2.75, 3.05) is 25.9 Å². The second-order valence-corrected chi connectivity index (χ2v) is 6.13. The van der Waals surface area contributed by atoms with Crippen molar-refractivity contribution < 1.29 is 9.47 Å². The Kier molecular flexibility index (Phi) is 5.03. The lowest BCUT2D eigenvalue weighted by atomic mass is 10.1. The fourth-order valence-electron chi connectivity index (χ4n) is 2.76. The van der Waals surface area contributed by atoms with Crippen molar-refractivity contribution in [2.45, 2.75) is 25.6 Å². The summed E-state index contributed by atoms with van der Waals surface area (Å²) in [6, 6.07) is 15.6. The van der Waals surface area contributed by atoms with Crippen LogP contribution in [0.1, 0.15) is 18.4 Å². The number of anilines is 1. The normalized spacial score (nSPS) is 16.2. The van der Waals surface area contributed by atoms with Gasteiger partial charge in [-0.15, -0.1) is 0 Å². The summed E-state index contributed by atoms with van der Waals surface area (Å²) < 4.78 is 11.8. The molecule has 0 amide bonds. The lowest BCUT2D eigenvalue weighted by molar-refractivity contribution is 0.114. The smallest absolute Gasteiger partial charge is 0.120 e. The maximum absolute atomic E-state index is 6.04. The second kappa shape index (κ2) is 7.38. The average Bonchev–Trinajstić information content (AvgIpc) is 2.56. The van der Waals surface area contributed by atoms with E-state index in [9.17, 15) is 0 Å². The van der Waals surface area contributed by atoms with Crippen LogP contribution in [0.25, 0.3) is 0 Å². The average molecular weight is 312 g/mol. The number of hydrogen-bond donors (Lipinski definition) is 1. The van der Waals surface area contributed by atoms with Crippen molar-refractivity contribution >= 4 is 5.69 Å². The number of nitrogens with zero attached hydrogens (tertiary/aromatic N) is 1. The van der Waals surface area contributed by atoms with Crippen molar-refractivity contribution in [3.63, 3.8) is 0 Å². The third kappa shape index (κ3) is 4.63. The molecule has 0 radical (unpaired) electrons. The maximum atomic E-state index is 6.04. The molecule has 0 aliphatic carbocycles. The largest absolute Gasteiger partial charge is 0.490 e. The Morgan fingerprint density at radius 3 is 2.43 bits per heavy atom. The molecule has 2 aromatic rings. The van der Waals surface area contributed by atoms with E-state index in [2.05, 4.69) is 11.9 Å². The molecule has 1 saturated heterocycles. The van der Waals surface area contributed by atoms with Crippen LogP contribution >= 0.6 is 0 Å². The molecule has 4 nitrogen and oxygen atoms in total. The van der Waals surface area contributed by atoms with Crippen LogP contribution in [0.15, 0.2) is 48.5 Å². The molecule has 4 heteroatoms. The van der Waals surface area contributed by atoms with Gasteiger partial charge in [-0.05, 0) is 61.9 Å². The van der Waals surface area contributed by atoms with Gasteiger partial charge in [-0.3, -0.25) is 0 Å². The van der Waals surface area contributed by atoms with Crippen LogP contribution in [0.5, 0.6) is 11.5 Å². The highest BCUT2D eigenvalue weighted by atomic mass is 16.5. The van der Waals surface area contributed by atoms with Gasteiger partial charge in [0.1, 0.15) is 24.2 Å². The minimum absolute atomic E-state index is 0.324. The molecule has 122 valence electrons. The van der Waals surface area contributed by atoms with E-state index in [-0.39, 0.29) is 0 Å².